The summed E-state index contributed by atoms with van der Waals surface area (Å²) in [7, 11) is 0. The first-order chi connectivity index (χ1) is 6.00. The van der Waals surface area contributed by atoms with E-state index in [9.17, 15) is 0 Å². The molecule has 1 heterocycles. The molecule has 0 aliphatic carbocycles. The van der Waals surface area contributed by atoms with Crippen molar-refractivity contribution in [3.63, 3.8) is 0 Å². The van der Waals surface area contributed by atoms with E-state index < -0.39 is 0 Å². The zero-order valence-electron chi connectivity index (χ0n) is 7.88. The van der Waals surface area contributed by atoms with E-state index in [1.165, 1.54) is 0 Å². The molecule has 0 unspecified atom stereocenters. The summed E-state index contributed by atoms with van der Waals surface area (Å²) in [5.74, 6) is 0.466. The Morgan fingerprint density at radius 2 is 1.69 bits per heavy atom. The van der Waals surface area contributed by atoms with E-state index >= 15 is 0 Å². The van der Waals surface area contributed by atoms with Gasteiger partial charge in [0.2, 0.25) is 5.95 Å². The number of nitrogens with two attached hydrogens (primary N) is 1. The Morgan fingerprint density at radius 1 is 1.23 bits per heavy atom. The van der Waals surface area contributed by atoms with Gasteiger partial charge < -0.3 is 11.1 Å². The Labute approximate surface area is 82.6 Å². The molecule has 0 amide bonds. The van der Waals surface area contributed by atoms with Crippen molar-refractivity contribution < 1.29 is 0 Å². The van der Waals surface area contributed by atoms with Crippen molar-refractivity contribution in [2.24, 2.45) is 5.73 Å². The lowest BCUT2D eigenvalue weighted by molar-refractivity contribution is 1.02. The van der Waals surface area contributed by atoms with Crippen LogP contribution in [0.3, 0.4) is 0 Å². The summed E-state index contributed by atoms with van der Waals surface area (Å²) >= 11 is 4.68. The third-order valence-electron chi connectivity index (χ3n) is 1.87. The van der Waals surface area contributed by atoms with Gasteiger partial charge in [-0.05, 0) is 38.6 Å². The van der Waals surface area contributed by atoms with Gasteiger partial charge in [0.15, 0.2) is 5.11 Å². The fourth-order valence-electron chi connectivity index (χ4n) is 0.938. The number of aryl methyl sites for hydroxylation is 2. The zero-order chi connectivity index (χ0) is 10.0. The molecule has 3 N–H and O–H groups in total. The quantitative estimate of drug-likeness (QED) is 0.657. The van der Waals surface area contributed by atoms with Gasteiger partial charge in [-0.15, -0.1) is 0 Å². The van der Waals surface area contributed by atoms with Crippen LogP contribution in [0.15, 0.2) is 0 Å². The summed E-state index contributed by atoms with van der Waals surface area (Å²) in [4.78, 5) is 8.37. The van der Waals surface area contributed by atoms with Gasteiger partial charge in [-0.1, -0.05) is 0 Å². The van der Waals surface area contributed by atoms with Gasteiger partial charge in [-0.3, -0.25) is 0 Å². The van der Waals surface area contributed by atoms with Gasteiger partial charge in [0.1, 0.15) is 0 Å². The minimum absolute atomic E-state index is 0.183. The molecule has 1 rings (SSSR count). The molecule has 0 aliphatic heterocycles. The van der Waals surface area contributed by atoms with Crippen molar-refractivity contribution in [2.75, 3.05) is 5.32 Å². The van der Waals surface area contributed by atoms with Crippen LogP contribution in [-0.4, -0.2) is 15.1 Å². The van der Waals surface area contributed by atoms with Crippen LogP contribution in [0.5, 0.6) is 0 Å². The van der Waals surface area contributed by atoms with Crippen molar-refractivity contribution in [2.45, 2.75) is 20.8 Å². The van der Waals surface area contributed by atoms with Crippen molar-refractivity contribution in [1.29, 1.82) is 0 Å². The molecule has 0 saturated carbocycles. The molecule has 0 spiro atoms. The Bertz CT molecular complexity index is 325. The first-order valence-corrected chi connectivity index (χ1v) is 4.30. The van der Waals surface area contributed by atoms with Crippen LogP contribution in [0.25, 0.3) is 0 Å². The number of hydrogen-bond acceptors (Lipinski definition) is 3. The molecule has 0 radical (unpaired) electrons. The fourth-order valence-corrected chi connectivity index (χ4v) is 1.03. The molecule has 4 nitrogen and oxygen atoms in total. The lowest BCUT2D eigenvalue weighted by Crippen LogP contribution is -2.21. The average Bonchev–Trinajstić information content (AvgIpc) is 1.98. The number of hydrogen-bond donors (Lipinski definition) is 2. The number of nitrogens with zero attached hydrogens (tertiary/aromatic N) is 2. The van der Waals surface area contributed by atoms with Gasteiger partial charge >= 0.3 is 0 Å². The average molecular weight is 196 g/mol. The molecule has 0 bridgehead atoms. The molecular formula is C8H12N4S. The van der Waals surface area contributed by atoms with Crippen LogP contribution in [-0.2, 0) is 0 Å². The highest BCUT2D eigenvalue weighted by molar-refractivity contribution is 7.80. The number of nitrogens with one attached hydrogen (secondary N) is 1. The van der Waals surface area contributed by atoms with Crippen molar-refractivity contribution in [3.8, 4) is 0 Å². The molecule has 0 aromatic carbocycles. The smallest absolute Gasteiger partial charge is 0.229 e. The van der Waals surface area contributed by atoms with E-state index in [1.54, 1.807) is 0 Å². The van der Waals surface area contributed by atoms with Crippen LogP contribution in [0.4, 0.5) is 5.95 Å². The fraction of sp³-hybridized carbons (Fsp3) is 0.375. The molecular weight excluding hydrogens is 184 g/mol. The van der Waals surface area contributed by atoms with Crippen molar-refractivity contribution in [1.82, 2.24) is 9.97 Å². The Kier molecular flexibility index (Phi) is 2.77. The van der Waals surface area contributed by atoms with Gasteiger partial charge in [0.25, 0.3) is 0 Å². The number of rotatable bonds is 1. The molecule has 5 heteroatoms. The second kappa shape index (κ2) is 3.66. The third kappa shape index (κ3) is 2.35. The molecule has 1 aromatic rings. The van der Waals surface area contributed by atoms with E-state index in [4.69, 9.17) is 5.73 Å². The van der Waals surface area contributed by atoms with E-state index in [0.29, 0.717) is 5.95 Å². The maximum Gasteiger partial charge on any atom is 0.229 e. The predicted molar refractivity (Wildman–Crippen MR) is 56.7 cm³/mol. The highest BCUT2D eigenvalue weighted by Gasteiger charge is 2.03. The second-order valence-corrected chi connectivity index (χ2v) is 3.27. The largest absolute Gasteiger partial charge is 0.376 e. The lowest BCUT2D eigenvalue weighted by Gasteiger charge is -2.07. The molecule has 70 valence electrons. The summed E-state index contributed by atoms with van der Waals surface area (Å²) < 4.78 is 0. The Hall–Kier alpha value is -1.23. The monoisotopic (exact) mass is 196 g/mol. The first kappa shape index (κ1) is 9.85. The van der Waals surface area contributed by atoms with Crippen LogP contribution < -0.4 is 11.1 Å². The van der Waals surface area contributed by atoms with Crippen LogP contribution in [0, 0.1) is 20.8 Å². The van der Waals surface area contributed by atoms with E-state index in [1.807, 2.05) is 20.8 Å². The predicted octanol–water partition coefficient (Wildman–Crippen LogP) is 1.06. The van der Waals surface area contributed by atoms with Gasteiger partial charge in [0.05, 0.1) is 0 Å². The van der Waals surface area contributed by atoms with Crippen LogP contribution >= 0.6 is 12.2 Å². The minimum Gasteiger partial charge on any atom is -0.376 e. The maximum atomic E-state index is 5.30. The van der Waals surface area contributed by atoms with Gasteiger partial charge in [0, 0.05) is 11.4 Å². The van der Waals surface area contributed by atoms with Crippen molar-refractivity contribution >= 4 is 23.3 Å². The molecule has 0 fully saturated rings. The second-order valence-electron chi connectivity index (χ2n) is 2.83. The van der Waals surface area contributed by atoms with Gasteiger partial charge in [-0.25, -0.2) is 9.97 Å². The first-order valence-electron chi connectivity index (χ1n) is 3.89. The number of thiocarbonyl (C=S) groups is 1. The van der Waals surface area contributed by atoms with Crippen LogP contribution in [0.1, 0.15) is 17.0 Å². The third-order valence-corrected chi connectivity index (χ3v) is 1.97. The van der Waals surface area contributed by atoms with Crippen LogP contribution in [0.2, 0.25) is 0 Å². The summed E-state index contributed by atoms with van der Waals surface area (Å²) in [6.07, 6.45) is 0. The molecule has 0 aliphatic rings. The van der Waals surface area contributed by atoms with E-state index in [2.05, 4.69) is 27.5 Å². The molecule has 0 atom stereocenters. The Balaban J connectivity index is 3.06. The zero-order valence-corrected chi connectivity index (χ0v) is 8.70. The summed E-state index contributed by atoms with van der Waals surface area (Å²) in [6.45, 7) is 5.83. The number of anilines is 1. The summed E-state index contributed by atoms with van der Waals surface area (Å²) in [5, 5.41) is 2.88. The van der Waals surface area contributed by atoms with Crippen molar-refractivity contribution in [3.05, 3.63) is 17.0 Å². The number of aromatic nitrogens is 2. The molecule has 0 saturated heterocycles. The molecule has 1 aromatic heterocycles. The highest BCUT2D eigenvalue weighted by atomic mass is 32.1. The van der Waals surface area contributed by atoms with E-state index in [0.717, 1.165) is 17.0 Å². The Morgan fingerprint density at radius 3 is 2.08 bits per heavy atom. The maximum absolute atomic E-state index is 5.30. The molecule has 13 heavy (non-hydrogen) atoms. The minimum atomic E-state index is 0.183. The summed E-state index contributed by atoms with van der Waals surface area (Å²) in [6, 6.07) is 0. The SMILES string of the molecule is Cc1nc(NC(N)=S)nc(C)c1C. The highest BCUT2D eigenvalue weighted by Crippen LogP contribution is 2.10. The van der Waals surface area contributed by atoms with Gasteiger partial charge in [-0.2, -0.15) is 0 Å². The van der Waals surface area contributed by atoms with E-state index in [-0.39, 0.29) is 5.11 Å². The lowest BCUT2D eigenvalue weighted by atomic mass is 10.2. The topological polar surface area (TPSA) is 63.8 Å². The normalized spacial score (nSPS) is 9.77. The standard InChI is InChI=1S/C8H12N4S/c1-4-5(2)10-8(11-6(4)3)12-7(9)13/h1-3H3,(H3,9,10,11,12,13). The summed E-state index contributed by atoms with van der Waals surface area (Å²) in [5.41, 5.74) is 8.27.